The number of hydrogen-bond donors (Lipinski definition) is 2. The van der Waals surface area contributed by atoms with Crippen molar-refractivity contribution in [3.63, 3.8) is 0 Å². The molecule has 0 bridgehead atoms. The molecule has 1 aliphatic rings. The third-order valence-electron chi connectivity index (χ3n) is 3.87. The minimum atomic E-state index is -1.14. The zero-order valence-corrected chi connectivity index (χ0v) is 11.1. The molecule has 0 heterocycles. The summed E-state index contributed by atoms with van der Waals surface area (Å²) in [6.07, 6.45) is 1.82. The van der Waals surface area contributed by atoms with Gasteiger partial charge < -0.3 is 10.4 Å². The molecule has 1 aromatic rings. The van der Waals surface area contributed by atoms with Gasteiger partial charge in [0, 0.05) is 12.5 Å². The van der Waals surface area contributed by atoms with E-state index >= 15 is 0 Å². The summed E-state index contributed by atoms with van der Waals surface area (Å²) >= 11 is 0. The summed E-state index contributed by atoms with van der Waals surface area (Å²) in [6, 6.07) is 9.96. The van der Waals surface area contributed by atoms with Gasteiger partial charge in [0.05, 0.1) is 0 Å². The largest absolute Gasteiger partial charge is 0.480 e. The van der Waals surface area contributed by atoms with E-state index in [4.69, 9.17) is 5.11 Å². The maximum Gasteiger partial charge on any atom is 0.319 e. The van der Waals surface area contributed by atoms with Crippen molar-refractivity contribution < 1.29 is 14.7 Å². The number of carboxylic acids is 1. The molecule has 1 atom stereocenters. The van der Waals surface area contributed by atoms with Gasteiger partial charge in [0.1, 0.15) is 5.41 Å². The molecule has 4 nitrogen and oxygen atoms in total. The van der Waals surface area contributed by atoms with Crippen LogP contribution in [0.25, 0.3) is 0 Å². The van der Waals surface area contributed by atoms with Crippen LogP contribution in [0.3, 0.4) is 0 Å². The molecule has 4 heteroatoms. The molecule has 0 saturated heterocycles. The van der Waals surface area contributed by atoms with Gasteiger partial charge in [0.25, 0.3) is 0 Å². The normalized spacial score (nSPS) is 17.5. The Bertz CT molecular complexity index is 466. The summed E-state index contributed by atoms with van der Waals surface area (Å²) in [5.41, 5.74) is 0.0279. The Morgan fingerprint density at radius 2 is 1.95 bits per heavy atom. The number of rotatable bonds is 6. The predicted molar refractivity (Wildman–Crippen MR) is 71.8 cm³/mol. The van der Waals surface area contributed by atoms with Crippen molar-refractivity contribution in [3.05, 3.63) is 35.9 Å². The van der Waals surface area contributed by atoms with Gasteiger partial charge in [-0.3, -0.25) is 9.59 Å². The van der Waals surface area contributed by atoms with Crippen molar-refractivity contribution in [2.45, 2.75) is 32.1 Å². The Labute approximate surface area is 112 Å². The average molecular weight is 261 g/mol. The van der Waals surface area contributed by atoms with Crippen LogP contribution in [-0.2, 0) is 9.59 Å². The highest BCUT2D eigenvalue weighted by Crippen LogP contribution is 2.46. The lowest BCUT2D eigenvalue weighted by Gasteiger charge is -2.18. The van der Waals surface area contributed by atoms with Crippen molar-refractivity contribution in [1.29, 1.82) is 0 Å². The molecule has 19 heavy (non-hydrogen) atoms. The Morgan fingerprint density at radius 1 is 1.32 bits per heavy atom. The monoisotopic (exact) mass is 261 g/mol. The summed E-state index contributed by atoms with van der Waals surface area (Å²) in [5.74, 6) is -1.11. The topological polar surface area (TPSA) is 66.4 Å². The second kappa shape index (κ2) is 5.43. The molecule has 0 unspecified atom stereocenters. The Kier molecular flexibility index (Phi) is 3.88. The Hall–Kier alpha value is -1.84. The number of benzene rings is 1. The fourth-order valence-corrected chi connectivity index (χ4v) is 2.27. The molecule has 0 aliphatic heterocycles. The number of amides is 1. The summed E-state index contributed by atoms with van der Waals surface area (Å²) in [4.78, 5) is 23.0. The first-order valence-corrected chi connectivity index (χ1v) is 6.67. The second-order valence-electron chi connectivity index (χ2n) is 5.11. The molecule has 1 fully saturated rings. The highest BCUT2D eigenvalue weighted by atomic mass is 16.4. The number of hydrogen-bond acceptors (Lipinski definition) is 2. The van der Waals surface area contributed by atoms with E-state index in [-0.39, 0.29) is 11.8 Å². The van der Waals surface area contributed by atoms with Gasteiger partial charge in [-0.25, -0.2) is 0 Å². The van der Waals surface area contributed by atoms with E-state index in [9.17, 15) is 9.59 Å². The van der Waals surface area contributed by atoms with Crippen LogP contribution in [0.15, 0.2) is 30.3 Å². The molecule has 102 valence electrons. The van der Waals surface area contributed by atoms with Crippen LogP contribution >= 0.6 is 0 Å². The lowest BCUT2D eigenvalue weighted by Crippen LogP contribution is -2.38. The second-order valence-corrected chi connectivity index (χ2v) is 5.11. The fraction of sp³-hybridized carbons (Fsp3) is 0.467. The van der Waals surface area contributed by atoms with Gasteiger partial charge >= 0.3 is 5.97 Å². The van der Waals surface area contributed by atoms with E-state index in [0.717, 1.165) is 6.42 Å². The summed E-state index contributed by atoms with van der Waals surface area (Å²) in [7, 11) is 0. The molecule has 1 amide bonds. The molecule has 0 spiro atoms. The van der Waals surface area contributed by atoms with Gasteiger partial charge in [-0.2, -0.15) is 0 Å². The summed E-state index contributed by atoms with van der Waals surface area (Å²) in [5, 5.41) is 11.8. The molecule has 2 rings (SSSR count). The smallest absolute Gasteiger partial charge is 0.319 e. The first-order valence-electron chi connectivity index (χ1n) is 6.67. The van der Waals surface area contributed by atoms with E-state index in [1.54, 1.807) is 0 Å². The molecule has 0 radical (unpaired) electrons. The van der Waals surface area contributed by atoms with Crippen molar-refractivity contribution >= 4 is 11.9 Å². The number of aliphatic carboxylic acids is 1. The molecular weight excluding hydrogens is 242 g/mol. The summed E-state index contributed by atoms with van der Waals surface area (Å²) in [6.45, 7) is 2.56. The zero-order valence-electron chi connectivity index (χ0n) is 11.1. The highest BCUT2D eigenvalue weighted by molar-refractivity contribution is 6.04. The zero-order chi connectivity index (χ0) is 13.9. The van der Waals surface area contributed by atoms with Crippen molar-refractivity contribution in [2.75, 3.05) is 6.54 Å². The van der Waals surface area contributed by atoms with Crippen molar-refractivity contribution in [1.82, 2.24) is 5.32 Å². The minimum absolute atomic E-state index is 0.231. The van der Waals surface area contributed by atoms with E-state index < -0.39 is 11.4 Å². The van der Waals surface area contributed by atoms with Crippen molar-refractivity contribution in [3.8, 4) is 0 Å². The van der Waals surface area contributed by atoms with Gasteiger partial charge in [-0.15, -0.1) is 0 Å². The van der Waals surface area contributed by atoms with Crippen LogP contribution in [0.1, 0.15) is 37.7 Å². The van der Waals surface area contributed by atoms with Crippen LogP contribution in [0.2, 0.25) is 0 Å². The van der Waals surface area contributed by atoms with Crippen LogP contribution in [0.4, 0.5) is 0 Å². The number of carboxylic acid groups (broad SMARTS) is 1. The van der Waals surface area contributed by atoms with Crippen LogP contribution in [0.5, 0.6) is 0 Å². The maximum absolute atomic E-state index is 11.9. The number of carbonyl (C=O) groups is 2. The highest BCUT2D eigenvalue weighted by Gasteiger charge is 2.56. The molecule has 2 N–H and O–H groups in total. The first-order chi connectivity index (χ1) is 9.10. The van der Waals surface area contributed by atoms with E-state index in [1.165, 1.54) is 5.56 Å². The van der Waals surface area contributed by atoms with Crippen LogP contribution in [-0.4, -0.2) is 23.5 Å². The first kappa shape index (κ1) is 13.6. The summed E-state index contributed by atoms with van der Waals surface area (Å²) < 4.78 is 0. The Morgan fingerprint density at radius 3 is 2.42 bits per heavy atom. The maximum atomic E-state index is 11.9. The van der Waals surface area contributed by atoms with Crippen molar-refractivity contribution in [2.24, 2.45) is 5.41 Å². The lowest BCUT2D eigenvalue weighted by molar-refractivity contribution is -0.149. The predicted octanol–water partition coefficient (Wildman–Crippen LogP) is 2.16. The van der Waals surface area contributed by atoms with Crippen LogP contribution < -0.4 is 5.32 Å². The standard InChI is InChI=1S/C15H19NO3/c1-2-11(12-6-4-3-5-7-12)10-16-13(17)15(8-9-15)14(18)19/h3-7,11H,2,8-10H2,1H3,(H,16,17)(H,18,19)/t11-/m1/s1. The lowest BCUT2D eigenvalue weighted by atomic mass is 9.96. The SMILES string of the molecule is CC[C@H](CNC(=O)C1(C(=O)O)CC1)c1ccccc1. The van der Waals surface area contributed by atoms with Gasteiger partial charge in [0.15, 0.2) is 0 Å². The van der Waals surface area contributed by atoms with E-state index in [2.05, 4.69) is 12.2 Å². The van der Waals surface area contributed by atoms with E-state index in [0.29, 0.717) is 19.4 Å². The molecule has 0 aromatic heterocycles. The molecule has 1 aliphatic carbocycles. The molecule has 1 aromatic carbocycles. The quantitative estimate of drug-likeness (QED) is 0.771. The third kappa shape index (κ3) is 2.78. The Balaban J connectivity index is 1.94. The number of carbonyl (C=O) groups excluding carboxylic acids is 1. The average Bonchev–Trinajstić information content (AvgIpc) is 3.22. The minimum Gasteiger partial charge on any atom is -0.480 e. The molecular formula is C15H19NO3. The van der Waals surface area contributed by atoms with Gasteiger partial charge in [-0.05, 0) is 24.8 Å². The van der Waals surface area contributed by atoms with E-state index in [1.807, 2.05) is 30.3 Å². The third-order valence-corrected chi connectivity index (χ3v) is 3.87. The van der Waals surface area contributed by atoms with Gasteiger partial charge in [-0.1, -0.05) is 37.3 Å². The molecule has 1 saturated carbocycles. The van der Waals surface area contributed by atoms with Gasteiger partial charge in [0.2, 0.25) is 5.91 Å². The fourth-order valence-electron chi connectivity index (χ4n) is 2.27. The van der Waals surface area contributed by atoms with Crippen LogP contribution in [0, 0.1) is 5.41 Å². The number of nitrogens with one attached hydrogen (secondary N) is 1.